The van der Waals surface area contributed by atoms with E-state index in [1.54, 1.807) is 4.90 Å². The third-order valence-electron chi connectivity index (χ3n) is 3.03. The summed E-state index contributed by atoms with van der Waals surface area (Å²) in [6, 6.07) is -0.323. The summed E-state index contributed by atoms with van der Waals surface area (Å²) in [6.07, 6.45) is 2.76. The van der Waals surface area contributed by atoms with Gasteiger partial charge in [0, 0.05) is 25.9 Å². The highest BCUT2D eigenvalue weighted by Gasteiger charge is 2.37. The molecule has 1 spiro atoms. The summed E-state index contributed by atoms with van der Waals surface area (Å²) in [5.41, 5.74) is 5.03. The van der Waals surface area contributed by atoms with Crippen molar-refractivity contribution >= 4 is 6.03 Å². The molecular formula is C9H17N3O2. The van der Waals surface area contributed by atoms with Crippen molar-refractivity contribution in [2.24, 2.45) is 5.73 Å². The maximum Gasteiger partial charge on any atom is 0.314 e. The largest absolute Gasteiger partial charge is 0.360 e. The molecule has 5 heteroatoms. The van der Waals surface area contributed by atoms with Crippen LogP contribution >= 0.6 is 0 Å². The highest BCUT2D eigenvalue weighted by atomic mass is 16.5. The molecule has 0 bridgehead atoms. The van der Waals surface area contributed by atoms with E-state index in [9.17, 15) is 4.79 Å². The van der Waals surface area contributed by atoms with Gasteiger partial charge in [-0.1, -0.05) is 0 Å². The van der Waals surface area contributed by atoms with E-state index >= 15 is 0 Å². The Morgan fingerprint density at radius 3 is 2.64 bits per heavy atom. The highest BCUT2D eigenvalue weighted by molar-refractivity contribution is 5.72. The number of nitrogens with zero attached hydrogens (tertiary/aromatic N) is 1. The van der Waals surface area contributed by atoms with Crippen molar-refractivity contribution in [1.29, 1.82) is 0 Å². The Bertz CT molecular complexity index is 216. The van der Waals surface area contributed by atoms with Crippen LogP contribution in [0.25, 0.3) is 0 Å². The minimum absolute atomic E-state index is 0.176. The molecule has 80 valence electrons. The molecule has 2 rings (SSSR count). The molecule has 0 aromatic rings. The second kappa shape index (κ2) is 3.74. The summed E-state index contributed by atoms with van der Waals surface area (Å²) < 4.78 is 5.74. The van der Waals surface area contributed by atoms with Crippen LogP contribution in [0.1, 0.15) is 19.3 Å². The fraction of sp³-hybridized carbons (Fsp3) is 0.889. The standard InChI is InChI=1S/C9H17N3O2/c10-8(13)12-5-2-9(3-6-12)11-4-1-7-14-9/h11H,1-7H2,(H2,10,13). The lowest BCUT2D eigenvalue weighted by Gasteiger charge is -2.44. The minimum Gasteiger partial charge on any atom is -0.360 e. The quantitative estimate of drug-likeness (QED) is 0.571. The Kier molecular flexibility index (Phi) is 2.60. The van der Waals surface area contributed by atoms with Crippen molar-refractivity contribution in [3.8, 4) is 0 Å². The molecule has 2 fully saturated rings. The Labute approximate surface area is 83.6 Å². The summed E-state index contributed by atoms with van der Waals surface area (Å²) in [5, 5.41) is 3.39. The van der Waals surface area contributed by atoms with E-state index in [4.69, 9.17) is 10.5 Å². The summed E-state index contributed by atoms with van der Waals surface area (Å²) in [4.78, 5) is 12.6. The summed E-state index contributed by atoms with van der Waals surface area (Å²) in [7, 11) is 0. The average Bonchev–Trinajstić information content (AvgIpc) is 2.19. The van der Waals surface area contributed by atoms with E-state index in [2.05, 4.69) is 5.32 Å². The van der Waals surface area contributed by atoms with E-state index in [-0.39, 0.29) is 11.8 Å². The van der Waals surface area contributed by atoms with Gasteiger partial charge in [0.15, 0.2) is 0 Å². The normalized spacial score (nSPS) is 26.4. The van der Waals surface area contributed by atoms with Crippen LogP contribution in [0.2, 0.25) is 0 Å². The van der Waals surface area contributed by atoms with Crippen molar-refractivity contribution in [3.63, 3.8) is 0 Å². The molecule has 2 heterocycles. The van der Waals surface area contributed by atoms with Crippen molar-refractivity contribution in [2.45, 2.75) is 25.0 Å². The van der Waals surface area contributed by atoms with E-state index in [0.29, 0.717) is 13.1 Å². The molecule has 0 saturated carbocycles. The Hall–Kier alpha value is -0.810. The zero-order valence-electron chi connectivity index (χ0n) is 8.29. The first-order valence-electron chi connectivity index (χ1n) is 5.15. The van der Waals surface area contributed by atoms with Crippen LogP contribution in [-0.4, -0.2) is 42.9 Å². The zero-order chi connectivity index (χ0) is 10.0. The molecule has 2 amide bonds. The molecule has 2 aliphatic rings. The first-order chi connectivity index (χ1) is 6.72. The van der Waals surface area contributed by atoms with Crippen molar-refractivity contribution in [1.82, 2.24) is 10.2 Å². The van der Waals surface area contributed by atoms with Crippen molar-refractivity contribution < 1.29 is 9.53 Å². The molecule has 2 aliphatic heterocycles. The molecule has 14 heavy (non-hydrogen) atoms. The summed E-state index contributed by atoms with van der Waals surface area (Å²) in [6.45, 7) is 3.23. The van der Waals surface area contributed by atoms with Gasteiger partial charge in [-0.2, -0.15) is 0 Å². The van der Waals surface area contributed by atoms with Gasteiger partial charge in [-0.05, 0) is 13.0 Å². The van der Waals surface area contributed by atoms with Crippen LogP contribution in [0, 0.1) is 0 Å². The molecule has 2 saturated heterocycles. The maximum absolute atomic E-state index is 10.9. The number of urea groups is 1. The summed E-state index contributed by atoms with van der Waals surface area (Å²) in [5.74, 6) is 0. The van der Waals surface area contributed by atoms with Gasteiger partial charge in [0.2, 0.25) is 0 Å². The number of nitrogens with two attached hydrogens (primary N) is 1. The van der Waals surface area contributed by atoms with Gasteiger partial charge < -0.3 is 15.4 Å². The third-order valence-corrected chi connectivity index (χ3v) is 3.03. The Morgan fingerprint density at radius 1 is 1.43 bits per heavy atom. The fourth-order valence-electron chi connectivity index (χ4n) is 2.12. The number of piperidine rings is 1. The third kappa shape index (κ3) is 1.83. The highest BCUT2D eigenvalue weighted by Crippen LogP contribution is 2.25. The smallest absolute Gasteiger partial charge is 0.314 e. The van der Waals surface area contributed by atoms with Gasteiger partial charge in [-0.3, -0.25) is 5.32 Å². The van der Waals surface area contributed by atoms with E-state index in [1.807, 2.05) is 0 Å². The first kappa shape index (κ1) is 9.73. The monoisotopic (exact) mass is 199 g/mol. The topological polar surface area (TPSA) is 67.6 Å². The Morgan fingerprint density at radius 2 is 2.14 bits per heavy atom. The number of nitrogens with one attached hydrogen (secondary N) is 1. The lowest BCUT2D eigenvalue weighted by Crippen LogP contribution is -2.59. The number of likely N-dealkylation sites (tertiary alicyclic amines) is 1. The van der Waals surface area contributed by atoms with Crippen LogP contribution in [0.3, 0.4) is 0 Å². The van der Waals surface area contributed by atoms with Crippen LogP contribution in [0.15, 0.2) is 0 Å². The van der Waals surface area contributed by atoms with Crippen molar-refractivity contribution in [2.75, 3.05) is 26.2 Å². The van der Waals surface area contributed by atoms with Crippen LogP contribution in [-0.2, 0) is 4.74 Å². The number of amides is 2. The van der Waals surface area contributed by atoms with Crippen molar-refractivity contribution in [3.05, 3.63) is 0 Å². The van der Waals surface area contributed by atoms with Gasteiger partial charge in [0.25, 0.3) is 0 Å². The zero-order valence-corrected chi connectivity index (χ0v) is 8.29. The Balaban J connectivity index is 1.90. The maximum atomic E-state index is 10.9. The first-order valence-corrected chi connectivity index (χ1v) is 5.15. The van der Waals surface area contributed by atoms with Gasteiger partial charge in [0.05, 0.1) is 6.61 Å². The lowest BCUT2D eigenvalue weighted by atomic mass is 9.99. The second-order valence-electron chi connectivity index (χ2n) is 3.95. The van der Waals surface area contributed by atoms with Gasteiger partial charge in [-0.25, -0.2) is 4.79 Å². The number of hydrogen-bond donors (Lipinski definition) is 2. The fourth-order valence-corrected chi connectivity index (χ4v) is 2.12. The molecular weight excluding hydrogens is 182 g/mol. The van der Waals surface area contributed by atoms with Gasteiger partial charge >= 0.3 is 6.03 Å². The second-order valence-corrected chi connectivity index (χ2v) is 3.95. The molecule has 0 atom stereocenters. The number of ether oxygens (including phenoxy) is 1. The minimum atomic E-state index is -0.323. The average molecular weight is 199 g/mol. The number of hydrogen-bond acceptors (Lipinski definition) is 3. The van der Waals surface area contributed by atoms with Gasteiger partial charge in [0.1, 0.15) is 5.72 Å². The predicted octanol–water partition coefficient (Wildman–Crippen LogP) is -0.133. The van der Waals surface area contributed by atoms with E-state index in [0.717, 1.165) is 32.4 Å². The molecule has 0 aliphatic carbocycles. The lowest BCUT2D eigenvalue weighted by molar-refractivity contribution is -0.122. The number of carbonyl (C=O) groups is 1. The summed E-state index contributed by atoms with van der Waals surface area (Å²) >= 11 is 0. The van der Waals surface area contributed by atoms with Gasteiger partial charge in [-0.15, -0.1) is 0 Å². The molecule has 0 aromatic carbocycles. The molecule has 5 nitrogen and oxygen atoms in total. The number of primary amides is 1. The van der Waals surface area contributed by atoms with E-state index in [1.165, 1.54) is 0 Å². The number of rotatable bonds is 0. The number of carbonyl (C=O) groups excluding carboxylic acids is 1. The van der Waals surface area contributed by atoms with Crippen LogP contribution in [0.4, 0.5) is 4.79 Å². The van der Waals surface area contributed by atoms with Crippen LogP contribution < -0.4 is 11.1 Å². The van der Waals surface area contributed by atoms with Crippen LogP contribution in [0.5, 0.6) is 0 Å². The molecule has 0 aromatic heterocycles. The predicted molar refractivity (Wildman–Crippen MR) is 51.7 cm³/mol. The molecule has 0 unspecified atom stereocenters. The van der Waals surface area contributed by atoms with E-state index < -0.39 is 0 Å². The molecule has 3 N–H and O–H groups in total. The SMILES string of the molecule is NC(=O)N1CCC2(CC1)NCCCO2. The molecule has 0 radical (unpaired) electrons.